The van der Waals surface area contributed by atoms with Gasteiger partial charge in [-0.1, -0.05) is 19.9 Å². The van der Waals surface area contributed by atoms with Crippen molar-refractivity contribution < 1.29 is 40.3 Å². The number of hydrogen-bond acceptors (Lipinski definition) is 4. The molecule has 1 unspecified atom stereocenters. The predicted molar refractivity (Wildman–Crippen MR) is 88.7 cm³/mol. The lowest BCUT2D eigenvalue weighted by Crippen LogP contribution is -2.29. The molecular formula is C18H19F5O4S. The molecule has 28 heavy (non-hydrogen) atoms. The molecule has 10 heteroatoms. The lowest BCUT2D eigenvalue weighted by molar-refractivity contribution is -0.123. The summed E-state index contributed by atoms with van der Waals surface area (Å²) >= 11 is 0. The fraction of sp³-hybridized carbons (Fsp3) is 0.611. The van der Waals surface area contributed by atoms with E-state index in [9.17, 15) is 40.3 Å². The minimum Gasteiger partial charge on any atom is -0.382 e. The summed E-state index contributed by atoms with van der Waals surface area (Å²) in [6.45, 7) is 3.77. The smallest absolute Gasteiger partial charge is 0.382 e. The van der Waals surface area contributed by atoms with Gasteiger partial charge >= 0.3 is 5.51 Å². The topological polar surface area (TPSA) is 71.4 Å². The standard InChI is InChI=1S/C18H19F5O4S/c1-16(2)6-5-12(24)10(7-16)9-3-4-13(28(26,27)18(21,22)23)14-11(9)8-17(19,20)15(14)25/h3-4,10,15,25H,5-8H2,1-2H3/t10?,15-/m0/s1. The molecule has 4 nitrogen and oxygen atoms in total. The molecule has 0 spiro atoms. The van der Waals surface area contributed by atoms with E-state index in [0.717, 1.165) is 6.07 Å². The summed E-state index contributed by atoms with van der Waals surface area (Å²) < 4.78 is 91.2. The van der Waals surface area contributed by atoms with Gasteiger partial charge in [-0.2, -0.15) is 13.2 Å². The summed E-state index contributed by atoms with van der Waals surface area (Å²) in [4.78, 5) is 11.0. The van der Waals surface area contributed by atoms with E-state index in [4.69, 9.17) is 0 Å². The second kappa shape index (κ2) is 6.22. The summed E-state index contributed by atoms with van der Waals surface area (Å²) in [5, 5.41) is 9.94. The Bertz CT molecular complexity index is 934. The zero-order chi connectivity index (χ0) is 21.3. The van der Waals surface area contributed by atoms with Gasteiger partial charge in [-0.15, -0.1) is 0 Å². The number of alkyl halides is 5. The number of carbonyl (C=O) groups excluding carboxylic acids is 1. The van der Waals surface area contributed by atoms with Crippen LogP contribution < -0.4 is 0 Å². The summed E-state index contributed by atoms with van der Waals surface area (Å²) in [6.07, 6.45) is -2.74. The summed E-state index contributed by atoms with van der Waals surface area (Å²) in [5.41, 5.74) is -7.25. The monoisotopic (exact) mass is 426 g/mol. The minimum absolute atomic E-state index is 0.0742. The molecular weight excluding hydrogens is 407 g/mol. The molecule has 0 aromatic heterocycles. The molecule has 2 atom stereocenters. The van der Waals surface area contributed by atoms with Crippen molar-refractivity contribution in [3.63, 3.8) is 0 Å². The number of carbonyl (C=O) groups is 1. The number of aliphatic hydroxyl groups excluding tert-OH is 1. The maximum absolute atomic E-state index is 14.2. The molecule has 0 saturated heterocycles. The molecule has 0 heterocycles. The van der Waals surface area contributed by atoms with Crippen LogP contribution in [0.5, 0.6) is 0 Å². The van der Waals surface area contributed by atoms with E-state index >= 15 is 0 Å². The van der Waals surface area contributed by atoms with Crippen molar-refractivity contribution in [1.82, 2.24) is 0 Å². The quantitative estimate of drug-likeness (QED) is 0.724. The fourth-order valence-electron chi connectivity index (χ4n) is 4.07. The van der Waals surface area contributed by atoms with Gasteiger partial charge in [0, 0.05) is 24.3 Å². The molecule has 1 aromatic rings. The van der Waals surface area contributed by atoms with Crippen LogP contribution in [0.25, 0.3) is 0 Å². The van der Waals surface area contributed by atoms with Crippen molar-refractivity contribution in [2.45, 2.75) is 67.9 Å². The van der Waals surface area contributed by atoms with Crippen molar-refractivity contribution >= 4 is 15.6 Å². The molecule has 1 N–H and O–H groups in total. The highest BCUT2D eigenvalue weighted by Crippen LogP contribution is 2.52. The van der Waals surface area contributed by atoms with Crippen LogP contribution in [0.15, 0.2) is 17.0 Å². The number of aliphatic hydroxyl groups is 1. The number of benzene rings is 1. The Morgan fingerprint density at radius 2 is 1.79 bits per heavy atom. The molecule has 1 fully saturated rings. The molecule has 3 rings (SSSR count). The van der Waals surface area contributed by atoms with Gasteiger partial charge in [-0.3, -0.25) is 4.79 Å². The second-order valence-corrected chi connectivity index (χ2v) is 10.1. The maximum atomic E-state index is 14.2. The molecule has 0 amide bonds. The predicted octanol–water partition coefficient (Wildman–Crippen LogP) is 4.07. The highest BCUT2D eigenvalue weighted by Gasteiger charge is 2.55. The molecule has 2 aliphatic rings. The average molecular weight is 426 g/mol. The summed E-state index contributed by atoms with van der Waals surface area (Å²) in [5.74, 6) is -4.90. The van der Waals surface area contributed by atoms with Crippen LogP contribution in [0.4, 0.5) is 22.0 Å². The third-order valence-corrected chi connectivity index (χ3v) is 7.15. The zero-order valence-electron chi connectivity index (χ0n) is 15.1. The molecule has 0 radical (unpaired) electrons. The minimum atomic E-state index is -5.95. The SMILES string of the molecule is CC1(C)CCC(=O)C(c2ccc(S(=O)(=O)C(F)(F)F)c3c2CC(F)(F)[C@H]3O)C1. The maximum Gasteiger partial charge on any atom is 0.501 e. The van der Waals surface area contributed by atoms with Gasteiger partial charge in [0.25, 0.3) is 15.8 Å². The van der Waals surface area contributed by atoms with Crippen LogP contribution in [0.2, 0.25) is 0 Å². The first-order valence-corrected chi connectivity index (χ1v) is 10.1. The van der Waals surface area contributed by atoms with Crippen LogP contribution in [-0.4, -0.2) is 30.7 Å². The van der Waals surface area contributed by atoms with E-state index in [1.165, 1.54) is 0 Å². The third-order valence-electron chi connectivity index (χ3n) is 5.60. The lowest BCUT2D eigenvalue weighted by Gasteiger charge is -2.35. The van der Waals surface area contributed by atoms with Gasteiger partial charge < -0.3 is 5.11 Å². The first kappa shape index (κ1) is 21.2. The van der Waals surface area contributed by atoms with Crippen LogP contribution in [0, 0.1) is 5.41 Å². The summed E-state index contributed by atoms with van der Waals surface area (Å²) in [6, 6.07) is 1.59. The molecule has 0 aliphatic heterocycles. The van der Waals surface area contributed by atoms with Gasteiger partial charge in [0.05, 0.1) is 4.90 Å². The van der Waals surface area contributed by atoms with Crippen LogP contribution in [0.1, 0.15) is 61.8 Å². The Labute approximate surface area is 158 Å². The van der Waals surface area contributed by atoms with Gasteiger partial charge in [-0.05, 0) is 35.4 Å². The average Bonchev–Trinajstić information content (AvgIpc) is 2.78. The fourth-order valence-corrected chi connectivity index (χ4v) is 5.09. The number of hydrogen-bond donors (Lipinski definition) is 1. The Hall–Kier alpha value is -1.55. The number of rotatable bonds is 2. The highest BCUT2D eigenvalue weighted by atomic mass is 32.2. The van der Waals surface area contributed by atoms with Gasteiger partial charge in [0.2, 0.25) is 0 Å². The number of ketones is 1. The van der Waals surface area contributed by atoms with Gasteiger partial charge in [0.15, 0.2) is 0 Å². The number of Topliss-reactive ketones (excluding diaryl/α,β-unsaturated/α-hetero) is 1. The number of halogens is 5. The van der Waals surface area contributed by atoms with Crippen molar-refractivity contribution in [2.24, 2.45) is 5.41 Å². The van der Waals surface area contributed by atoms with Crippen LogP contribution in [0.3, 0.4) is 0 Å². The van der Waals surface area contributed by atoms with E-state index in [1.807, 2.05) is 13.8 Å². The molecule has 1 aromatic carbocycles. The lowest BCUT2D eigenvalue weighted by atomic mass is 9.68. The van der Waals surface area contributed by atoms with E-state index < -0.39 is 50.2 Å². The van der Waals surface area contributed by atoms with Crippen molar-refractivity contribution in [2.75, 3.05) is 0 Å². The van der Waals surface area contributed by atoms with E-state index in [1.54, 1.807) is 0 Å². The Morgan fingerprint density at radius 1 is 1.18 bits per heavy atom. The summed E-state index contributed by atoms with van der Waals surface area (Å²) in [7, 11) is -5.95. The van der Waals surface area contributed by atoms with Crippen molar-refractivity contribution in [3.8, 4) is 0 Å². The van der Waals surface area contributed by atoms with E-state index in [-0.39, 0.29) is 28.7 Å². The molecule has 1 saturated carbocycles. The van der Waals surface area contributed by atoms with Crippen molar-refractivity contribution in [3.05, 3.63) is 28.8 Å². The Kier molecular flexibility index (Phi) is 4.70. The first-order chi connectivity index (χ1) is 12.6. The molecule has 156 valence electrons. The van der Waals surface area contributed by atoms with E-state index in [0.29, 0.717) is 18.9 Å². The second-order valence-electron chi connectivity index (χ2n) is 8.22. The van der Waals surface area contributed by atoms with Crippen LogP contribution in [-0.2, 0) is 21.1 Å². The number of fused-ring (bicyclic) bond motifs is 1. The largest absolute Gasteiger partial charge is 0.501 e. The van der Waals surface area contributed by atoms with Gasteiger partial charge in [0.1, 0.15) is 11.9 Å². The Morgan fingerprint density at radius 3 is 2.36 bits per heavy atom. The Balaban J connectivity index is 2.24. The van der Waals surface area contributed by atoms with Gasteiger partial charge in [-0.25, -0.2) is 17.2 Å². The zero-order valence-corrected chi connectivity index (χ0v) is 15.9. The van der Waals surface area contributed by atoms with Crippen LogP contribution >= 0.6 is 0 Å². The normalized spacial score (nSPS) is 26.9. The highest BCUT2D eigenvalue weighted by molar-refractivity contribution is 7.92. The first-order valence-electron chi connectivity index (χ1n) is 8.64. The molecule has 2 aliphatic carbocycles. The van der Waals surface area contributed by atoms with E-state index in [2.05, 4.69) is 0 Å². The number of sulfone groups is 1. The third kappa shape index (κ3) is 3.24. The molecule has 0 bridgehead atoms. The van der Waals surface area contributed by atoms with Crippen molar-refractivity contribution in [1.29, 1.82) is 0 Å².